The Hall–Kier alpha value is -1.91. The predicted molar refractivity (Wildman–Crippen MR) is 150 cm³/mol. The summed E-state index contributed by atoms with van der Waals surface area (Å²) in [4.78, 5) is 32.2. The molecule has 8 fully saturated rings. The number of nitrogens with zero attached hydrogens (tertiary/aromatic N) is 1. The third-order valence-corrected chi connectivity index (χ3v) is 11.9. The Morgan fingerprint density at radius 2 is 0.895 bits per heavy atom. The van der Waals surface area contributed by atoms with Gasteiger partial charge < -0.3 is 10.6 Å². The molecule has 2 N–H and O–H groups in total. The summed E-state index contributed by atoms with van der Waals surface area (Å²) in [6.45, 7) is 14.4. The van der Waals surface area contributed by atoms with Gasteiger partial charge in [0.2, 0.25) is 11.8 Å². The molecule has 0 aromatic carbocycles. The lowest BCUT2D eigenvalue weighted by atomic mass is 9.36. The second-order valence-corrected chi connectivity index (χ2v) is 17.9. The summed E-state index contributed by atoms with van der Waals surface area (Å²) >= 11 is 0. The molecule has 5 nitrogen and oxygen atoms in total. The molecule has 9 rings (SSSR count). The first-order valence-corrected chi connectivity index (χ1v) is 15.1. The Balaban J connectivity index is 1.06. The monoisotopic (exact) mass is 517 g/mol. The minimum atomic E-state index is -0.289. The van der Waals surface area contributed by atoms with Crippen LogP contribution in [0.15, 0.2) is 18.3 Å². The quantitative estimate of drug-likeness (QED) is 0.429. The van der Waals surface area contributed by atoms with Crippen LogP contribution in [0.3, 0.4) is 0 Å². The highest BCUT2D eigenvalue weighted by atomic mass is 16.2. The van der Waals surface area contributed by atoms with Crippen molar-refractivity contribution in [3.8, 4) is 0 Å². The van der Waals surface area contributed by atoms with E-state index in [2.05, 4.69) is 57.2 Å². The van der Waals surface area contributed by atoms with Crippen LogP contribution < -0.4 is 10.6 Å². The van der Waals surface area contributed by atoms with E-state index in [9.17, 15) is 9.59 Å². The number of hydrogen-bond donors (Lipinski definition) is 2. The van der Waals surface area contributed by atoms with E-state index >= 15 is 0 Å². The molecule has 1 aromatic heterocycles. The van der Waals surface area contributed by atoms with Gasteiger partial charge in [0.1, 0.15) is 5.82 Å². The van der Waals surface area contributed by atoms with Crippen molar-refractivity contribution in [3.05, 3.63) is 18.3 Å². The number of carbonyl (C=O) groups is 2. The Morgan fingerprint density at radius 1 is 0.553 bits per heavy atom. The predicted octanol–water partition coefficient (Wildman–Crippen LogP) is 7.73. The molecule has 2 amide bonds. The number of amides is 2. The van der Waals surface area contributed by atoms with Crippen molar-refractivity contribution in [2.45, 2.75) is 119 Å². The fourth-order valence-corrected chi connectivity index (χ4v) is 14.1. The second kappa shape index (κ2) is 7.04. The first kappa shape index (κ1) is 25.1. The lowest BCUT2D eigenvalue weighted by molar-refractivity contribution is -0.188. The molecule has 5 heteroatoms. The first-order valence-electron chi connectivity index (χ1n) is 15.1. The van der Waals surface area contributed by atoms with Gasteiger partial charge >= 0.3 is 0 Å². The van der Waals surface area contributed by atoms with Crippen LogP contribution in [-0.4, -0.2) is 16.8 Å². The summed E-state index contributed by atoms with van der Waals surface area (Å²) in [5.41, 5.74) is 1.76. The zero-order valence-corrected chi connectivity index (χ0v) is 24.5. The van der Waals surface area contributed by atoms with Crippen LogP contribution in [0.1, 0.15) is 119 Å². The molecule has 0 spiro atoms. The summed E-state index contributed by atoms with van der Waals surface area (Å²) in [5, 5.41) is 6.43. The Kier molecular flexibility index (Phi) is 4.65. The molecular formula is C33H47N3O2. The van der Waals surface area contributed by atoms with Gasteiger partial charge in [0.25, 0.3) is 0 Å². The van der Waals surface area contributed by atoms with Crippen LogP contribution in [-0.2, 0) is 9.59 Å². The van der Waals surface area contributed by atoms with Gasteiger partial charge in [-0.25, -0.2) is 4.98 Å². The second-order valence-electron chi connectivity index (χ2n) is 17.9. The third-order valence-electron chi connectivity index (χ3n) is 11.9. The zero-order valence-electron chi connectivity index (χ0n) is 24.5. The fraction of sp³-hybridized carbons (Fsp3) is 0.788. The summed E-state index contributed by atoms with van der Waals surface area (Å²) in [5.74, 6) is 0.904. The van der Waals surface area contributed by atoms with Gasteiger partial charge in [0.05, 0.1) is 22.7 Å². The van der Waals surface area contributed by atoms with Crippen molar-refractivity contribution in [2.24, 2.45) is 43.3 Å². The smallest absolute Gasteiger partial charge is 0.231 e. The molecule has 8 aliphatic rings. The Labute approximate surface area is 228 Å². The lowest BCUT2D eigenvalue weighted by Gasteiger charge is -2.68. The van der Waals surface area contributed by atoms with Gasteiger partial charge in [0, 0.05) is 0 Å². The van der Waals surface area contributed by atoms with E-state index in [-0.39, 0.29) is 55.1 Å². The van der Waals surface area contributed by atoms with E-state index in [1.54, 1.807) is 6.20 Å². The average Bonchev–Trinajstić information content (AvgIpc) is 2.68. The number of anilines is 2. The highest BCUT2D eigenvalue weighted by Gasteiger charge is 2.67. The van der Waals surface area contributed by atoms with Crippen molar-refractivity contribution < 1.29 is 9.59 Å². The third kappa shape index (κ3) is 3.73. The Bertz CT molecular complexity index is 1030. The molecule has 38 heavy (non-hydrogen) atoms. The van der Waals surface area contributed by atoms with E-state index < -0.39 is 0 Å². The summed E-state index contributed by atoms with van der Waals surface area (Å²) in [6, 6.07) is 3.78. The molecule has 0 radical (unpaired) electrons. The number of nitrogens with one attached hydrogen (secondary N) is 2. The molecule has 8 saturated carbocycles. The van der Waals surface area contributed by atoms with E-state index in [4.69, 9.17) is 0 Å². The number of pyridine rings is 1. The molecule has 0 saturated heterocycles. The maximum absolute atomic E-state index is 13.8. The molecule has 206 valence electrons. The van der Waals surface area contributed by atoms with Crippen LogP contribution in [0.5, 0.6) is 0 Å². The van der Waals surface area contributed by atoms with Crippen molar-refractivity contribution in [3.63, 3.8) is 0 Å². The molecule has 0 atom stereocenters. The van der Waals surface area contributed by atoms with Crippen molar-refractivity contribution >= 4 is 23.3 Å². The van der Waals surface area contributed by atoms with Gasteiger partial charge in [-0.15, -0.1) is 0 Å². The normalized spacial score (nSPS) is 51.7. The first-order chi connectivity index (χ1) is 17.5. The van der Waals surface area contributed by atoms with Gasteiger partial charge in [-0.05, 0) is 122 Å². The molecular weight excluding hydrogens is 470 g/mol. The minimum absolute atomic E-state index is 0.146. The number of rotatable bonds is 4. The van der Waals surface area contributed by atoms with Gasteiger partial charge in [-0.3, -0.25) is 9.59 Å². The Morgan fingerprint density at radius 3 is 1.21 bits per heavy atom. The lowest BCUT2D eigenvalue weighted by Crippen LogP contribution is -2.62. The van der Waals surface area contributed by atoms with Crippen LogP contribution in [0.4, 0.5) is 11.5 Å². The maximum Gasteiger partial charge on any atom is 0.231 e. The molecule has 1 aromatic rings. The summed E-state index contributed by atoms with van der Waals surface area (Å²) in [6.07, 6.45) is 15.2. The maximum atomic E-state index is 13.8. The topological polar surface area (TPSA) is 71.1 Å². The molecule has 8 bridgehead atoms. The van der Waals surface area contributed by atoms with Crippen molar-refractivity contribution in [2.75, 3.05) is 10.6 Å². The number of carbonyl (C=O) groups excluding carboxylic acids is 2. The standard InChI is InChI=1S/C33H47N3O2/c1-26-10-27(2)12-28(3,11-26)18-32(16-26,17-27)24(37)35-22-7-8-23(34-9-22)36-25(38)33-19-29(4)13-30(5,20-33)15-31(6,14-29)21-33/h7-9H,10-21H2,1-6H3,(H,35,37)(H,34,36,38). The molecule has 0 unspecified atom stereocenters. The largest absolute Gasteiger partial charge is 0.324 e. The van der Waals surface area contributed by atoms with E-state index in [0.717, 1.165) is 44.2 Å². The average molecular weight is 518 g/mol. The van der Waals surface area contributed by atoms with E-state index in [1.165, 1.54) is 38.5 Å². The van der Waals surface area contributed by atoms with Crippen LogP contribution >= 0.6 is 0 Å². The number of aromatic nitrogens is 1. The highest BCUT2D eigenvalue weighted by Crippen LogP contribution is 2.75. The minimum Gasteiger partial charge on any atom is -0.324 e. The SMILES string of the molecule is CC12CC3(C)CC(C)(C1)CC(C(=O)Nc1ccc(NC(=O)C45CC6(C)CC(C)(CC(C)(C6)C4)C5)nc1)(C2)C3. The molecule has 8 aliphatic carbocycles. The summed E-state index contributed by atoms with van der Waals surface area (Å²) in [7, 11) is 0. The molecule has 0 aliphatic heterocycles. The van der Waals surface area contributed by atoms with Crippen LogP contribution in [0.25, 0.3) is 0 Å². The van der Waals surface area contributed by atoms with Gasteiger partial charge in [-0.1, -0.05) is 41.5 Å². The van der Waals surface area contributed by atoms with Gasteiger partial charge in [-0.2, -0.15) is 0 Å². The zero-order chi connectivity index (χ0) is 27.0. The van der Waals surface area contributed by atoms with Crippen molar-refractivity contribution in [1.29, 1.82) is 0 Å². The summed E-state index contributed by atoms with van der Waals surface area (Å²) < 4.78 is 0. The fourth-order valence-electron chi connectivity index (χ4n) is 14.1. The van der Waals surface area contributed by atoms with Crippen LogP contribution in [0, 0.1) is 43.3 Å². The van der Waals surface area contributed by atoms with E-state index in [1.807, 2.05) is 12.1 Å². The highest BCUT2D eigenvalue weighted by molar-refractivity contribution is 5.97. The van der Waals surface area contributed by atoms with Gasteiger partial charge in [0.15, 0.2) is 0 Å². The van der Waals surface area contributed by atoms with Crippen molar-refractivity contribution in [1.82, 2.24) is 4.98 Å². The van der Waals surface area contributed by atoms with Crippen LogP contribution in [0.2, 0.25) is 0 Å². The van der Waals surface area contributed by atoms with E-state index in [0.29, 0.717) is 5.82 Å². The number of hydrogen-bond acceptors (Lipinski definition) is 3. The molecule has 1 heterocycles.